The smallest absolute Gasteiger partial charge is 0.222 e. The van der Waals surface area contributed by atoms with Crippen LogP contribution in [0.5, 0.6) is 5.88 Å². The normalized spacial score (nSPS) is 30.6. The van der Waals surface area contributed by atoms with E-state index in [4.69, 9.17) is 9.47 Å². The number of hydrogen-bond donors (Lipinski definition) is 0. The van der Waals surface area contributed by atoms with Gasteiger partial charge in [-0.05, 0) is 44.4 Å². The zero-order chi connectivity index (χ0) is 27.3. The lowest BCUT2D eigenvalue weighted by Crippen LogP contribution is -2.61. The average molecular weight is 537 g/mol. The van der Waals surface area contributed by atoms with Crippen molar-refractivity contribution >= 4 is 11.8 Å². The lowest BCUT2D eigenvalue weighted by atomic mass is 9.84. The first-order valence-electron chi connectivity index (χ1n) is 13.6. The molecule has 2 fully saturated rings. The fraction of sp³-hybridized carbons (Fsp3) is 0.517. The van der Waals surface area contributed by atoms with Crippen molar-refractivity contribution in [2.75, 3.05) is 44.8 Å². The predicted molar refractivity (Wildman–Crippen MR) is 145 cm³/mol. The number of aliphatic imine (C=N–C) groups is 1. The molecule has 0 saturated carbocycles. The largest absolute Gasteiger partial charge is 0.473 e. The zero-order valence-electron chi connectivity index (χ0n) is 22.6. The molecule has 0 radical (unpaired) electrons. The molecule has 4 atom stereocenters. The van der Waals surface area contributed by atoms with Gasteiger partial charge in [0.2, 0.25) is 11.8 Å². The van der Waals surface area contributed by atoms with Crippen LogP contribution in [0.4, 0.5) is 14.6 Å². The van der Waals surface area contributed by atoms with E-state index in [1.165, 1.54) is 6.33 Å². The maximum atomic E-state index is 15.1. The van der Waals surface area contributed by atoms with E-state index in [1.807, 2.05) is 29.8 Å². The van der Waals surface area contributed by atoms with Crippen LogP contribution in [-0.2, 0) is 11.2 Å². The second-order valence-electron chi connectivity index (χ2n) is 11.1. The van der Waals surface area contributed by atoms with E-state index in [1.54, 1.807) is 12.2 Å². The summed E-state index contributed by atoms with van der Waals surface area (Å²) in [7, 11) is 1.86. The summed E-state index contributed by atoms with van der Waals surface area (Å²) in [5, 5.41) is 0. The number of piperidine rings is 1. The monoisotopic (exact) mass is 536 g/mol. The molecule has 206 valence electrons. The molecule has 4 aliphatic heterocycles. The highest BCUT2D eigenvalue weighted by atomic mass is 19.1. The Morgan fingerprint density at radius 1 is 1.15 bits per heavy atom. The van der Waals surface area contributed by atoms with E-state index in [0.29, 0.717) is 43.7 Å². The van der Waals surface area contributed by atoms with Crippen molar-refractivity contribution in [2.45, 2.75) is 45.0 Å². The molecule has 0 spiro atoms. The van der Waals surface area contributed by atoms with Crippen molar-refractivity contribution in [1.29, 1.82) is 0 Å². The number of alkyl halides is 1. The molecule has 4 unspecified atom stereocenters. The molecule has 0 aromatic carbocycles. The summed E-state index contributed by atoms with van der Waals surface area (Å²) in [4.78, 5) is 19.6. The highest BCUT2D eigenvalue weighted by molar-refractivity contribution is 5.82. The first-order chi connectivity index (χ1) is 18.8. The molecular formula is C29H34F2N6O2. The van der Waals surface area contributed by atoms with Gasteiger partial charge in [0.15, 0.2) is 12.0 Å². The Hall–Kier alpha value is -3.49. The first kappa shape index (κ1) is 25.8. The number of fused-ring (bicyclic) bond motifs is 3. The number of hydrogen-bond acceptors (Lipinski definition) is 8. The second-order valence-corrected chi connectivity index (χ2v) is 11.1. The topological polar surface area (TPSA) is 66.3 Å². The first-order valence-corrected chi connectivity index (χ1v) is 13.6. The standard InChI is InChI=1S/C29H34F2N6O2/c1-17-5-9-23(30)25(10-6-17)37-18(2)7-8-22-27(37)32-16-33-28(22)39-26-20-11-36(12-21(26)15-38-14-20)29-34-19(3)24(31)13-35(29)4/h5-6,10,16,18,20-21,24,26H,3,7-8,11-15H2,1-2,4H3. The number of allylic oxidation sites excluding steroid dienone is 4. The van der Waals surface area contributed by atoms with Gasteiger partial charge in [0.05, 0.1) is 36.7 Å². The summed E-state index contributed by atoms with van der Waals surface area (Å²) in [5.41, 5.74) is 5.28. The van der Waals surface area contributed by atoms with Crippen LogP contribution in [0.1, 0.15) is 25.8 Å². The number of ether oxygens (including phenoxy) is 2. The molecule has 8 nitrogen and oxygen atoms in total. The number of rotatable bonds is 3. The third-order valence-corrected chi connectivity index (χ3v) is 8.19. The van der Waals surface area contributed by atoms with Crippen molar-refractivity contribution in [3.05, 3.63) is 65.2 Å². The van der Waals surface area contributed by atoms with Crippen LogP contribution in [0.25, 0.3) is 0 Å². The molecule has 0 amide bonds. The predicted octanol–water partition coefficient (Wildman–Crippen LogP) is 3.95. The van der Waals surface area contributed by atoms with Crippen LogP contribution in [0.3, 0.4) is 0 Å². The lowest BCUT2D eigenvalue weighted by Gasteiger charge is -2.49. The lowest BCUT2D eigenvalue weighted by molar-refractivity contribution is -0.104. The number of aromatic nitrogens is 2. The van der Waals surface area contributed by atoms with Gasteiger partial charge >= 0.3 is 0 Å². The molecule has 1 aromatic rings. The molecule has 2 saturated heterocycles. The van der Waals surface area contributed by atoms with E-state index < -0.39 is 12.0 Å². The number of nitrogens with zero attached hydrogens (tertiary/aromatic N) is 6. The SMILES string of the molecule is C=C1N=C(N2CC3COCC(C2)C3Oc2ncnc3c2CCC(C)N3C2=CC=C(C)C=C=C2F)N(C)CC1F. The number of guanidine groups is 1. The van der Waals surface area contributed by atoms with Crippen molar-refractivity contribution < 1.29 is 18.3 Å². The maximum absolute atomic E-state index is 15.1. The Morgan fingerprint density at radius 2 is 1.92 bits per heavy atom. The third kappa shape index (κ3) is 4.76. The summed E-state index contributed by atoms with van der Waals surface area (Å²) in [5.74, 6) is 1.72. The molecule has 5 aliphatic rings. The Balaban J connectivity index is 1.27. The minimum atomic E-state index is -1.15. The van der Waals surface area contributed by atoms with Gasteiger partial charge in [-0.25, -0.2) is 19.4 Å². The average Bonchev–Trinajstić information content (AvgIpc) is 3.06. The van der Waals surface area contributed by atoms with Gasteiger partial charge in [0, 0.05) is 38.0 Å². The van der Waals surface area contributed by atoms with E-state index >= 15 is 4.39 Å². The van der Waals surface area contributed by atoms with Gasteiger partial charge in [-0.2, -0.15) is 4.39 Å². The summed E-state index contributed by atoms with van der Waals surface area (Å²) < 4.78 is 41.8. The van der Waals surface area contributed by atoms with Gasteiger partial charge < -0.3 is 24.2 Å². The molecular weight excluding hydrogens is 502 g/mol. The van der Waals surface area contributed by atoms with E-state index in [2.05, 4.69) is 39.1 Å². The van der Waals surface area contributed by atoms with Gasteiger partial charge in [0.25, 0.3) is 0 Å². The van der Waals surface area contributed by atoms with E-state index in [9.17, 15) is 4.39 Å². The van der Waals surface area contributed by atoms with Crippen LogP contribution >= 0.6 is 0 Å². The highest BCUT2D eigenvalue weighted by Crippen LogP contribution is 2.40. The van der Waals surface area contributed by atoms with Crippen LogP contribution in [0.2, 0.25) is 0 Å². The molecule has 2 bridgehead atoms. The van der Waals surface area contributed by atoms with Crippen LogP contribution < -0.4 is 9.64 Å². The summed E-state index contributed by atoms with van der Waals surface area (Å²) in [6.45, 7) is 10.5. The fourth-order valence-corrected chi connectivity index (χ4v) is 6.13. The Bertz CT molecular complexity index is 1320. The van der Waals surface area contributed by atoms with Gasteiger partial charge in [-0.1, -0.05) is 18.4 Å². The third-order valence-electron chi connectivity index (χ3n) is 8.19. The molecule has 1 aromatic heterocycles. The van der Waals surface area contributed by atoms with Gasteiger partial charge in [-0.15, -0.1) is 0 Å². The fourth-order valence-electron chi connectivity index (χ4n) is 6.13. The molecule has 39 heavy (non-hydrogen) atoms. The Kier molecular flexibility index (Phi) is 6.77. The number of likely N-dealkylation sites (tertiary alicyclic amines) is 1. The van der Waals surface area contributed by atoms with Crippen LogP contribution in [0, 0.1) is 11.8 Å². The Morgan fingerprint density at radius 3 is 2.69 bits per heavy atom. The summed E-state index contributed by atoms with van der Waals surface area (Å²) >= 11 is 0. The maximum Gasteiger partial charge on any atom is 0.222 e. The quantitative estimate of drug-likeness (QED) is 0.542. The molecule has 1 aliphatic carbocycles. The van der Waals surface area contributed by atoms with Crippen molar-refractivity contribution in [3.63, 3.8) is 0 Å². The molecule has 0 N–H and O–H groups in total. The van der Waals surface area contributed by atoms with Crippen molar-refractivity contribution in [3.8, 4) is 5.88 Å². The van der Waals surface area contributed by atoms with Crippen LogP contribution in [0.15, 0.2) is 64.7 Å². The Labute approximate surface area is 227 Å². The molecule has 10 heteroatoms. The highest BCUT2D eigenvalue weighted by Gasteiger charge is 2.45. The summed E-state index contributed by atoms with van der Waals surface area (Å²) in [6, 6.07) is 0.0498. The minimum absolute atomic E-state index is 0.0498. The summed E-state index contributed by atoms with van der Waals surface area (Å²) in [6.07, 6.45) is 7.13. The van der Waals surface area contributed by atoms with Crippen molar-refractivity contribution in [1.82, 2.24) is 19.8 Å². The van der Waals surface area contributed by atoms with Crippen LogP contribution in [-0.4, -0.2) is 83.9 Å². The van der Waals surface area contributed by atoms with E-state index in [0.717, 1.165) is 29.9 Å². The van der Waals surface area contributed by atoms with Gasteiger partial charge in [-0.3, -0.25) is 0 Å². The number of anilines is 1. The van der Waals surface area contributed by atoms with Gasteiger partial charge in [0.1, 0.15) is 18.2 Å². The number of halogens is 2. The molecule has 6 rings (SSSR count). The molecule has 5 heterocycles. The van der Waals surface area contributed by atoms with E-state index in [-0.39, 0.29) is 36.2 Å². The van der Waals surface area contributed by atoms with Crippen molar-refractivity contribution in [2.24, 2.45) is 16.8 Å². The second kappa shape index (κ2) is 10.2. The minimum Gasteiger partial charge on any atom is -0.473 e. The zero-order valence-corrected chi connectivity index (χ0v) is 22.6.